The molecule has 1 aromatic rings. The zero-order valence-electron chi connectivity index (χ0n) is 9.01. The Morgan fingerprint density at radius 2 is 1.88 bits per heavy atom. The van der Waals surface area contributed by atoms with Gasteiger partial charge in [-0.25, -0.2) is 0 Å². The number of alkyl halides is 3. The Kier molecular flexibility index (Phi) is 4.12. The van der Waals surface area contributed by atoms with Gasteiger partial charge in [-0.2, -0.15) is 13.2 Å². The summed E-state index contributed by atoms with van der Waals surface area (Å²) in [6.45, 7) is 6.31. The van der Waals surface area contributed by atoms with Gasteiger partial charge >= 0.3 is 6.18 Å². The second-order valence-corrected chi connectivity index (χ2v) is 3.39. The summed E-state index contributed by atoms with van der Waals surface area (Å²) in [6.07, 6.45) is -2.60. The van der Waals surface area contributed by atoms with E-state index in [0.717, 1.165) is 24.2 Å². The summed E-state index contributed by atoms with van der Waals surface area (Å²) >= 11 is 0. The highest BCUT2D eigenvalue weighted by molar-refractivity contribution is 5.28. The van der Waals surface area contributed by atoms with E-state index >= 15 is 0 Å². The molecule has 0 saturated carbocycles. The van der Waals surface area contributed by atoms with E-state index in [4.69, 9.17) is 0 Å². The third-order valence-corrected chi connectivity index (χ3v) is 2.26. The smallest absolute Gasteiger partial charge is 0.307 e. The van der Waals surface area contributed by atoms with E-state index in [2.05, 4.69) is 11.9 Å². The quantitative estimate of drug-likeness (QED) is 0.778. The monoisotopic (exact) mass is 229 g/mol. The molecular weight excluding hydrogens is 215 g/mol. The summed E-state index contributed by atoms with van der Waals surface area (Å²) in [5, 5.41) is 3.11. The predicted molar refractivity (Wildman–Crippen MR) is 58.1 cm³/mol. The Hall–Kier alpha value is -1.29. The Balaban J connectivity index is 2.89. The number of halogens is 3. The highest BCUT2D eigenvalue weighted by Crippen LogP contribution is 2.29. The predicted octanol–water partition coefficient (Wildman–Crippen LogP) is 3.54. The van der Waals surface area contributed by atoms with Gasteiger partial charge in [-0.1, -0.05) is 25.1 Å². The maximum atomic E-state index is 12.3. The van der Waals surface area contributed by atoms with Crippen molar-refractivity contribution in [2.45, 2.75) is 19.1 Å². The van der Waals surface area contributed by atoms with Crippen LogP contribution in [0.2, 0.25) is 0 Å². The van der Waals surface area contributed by atoms with E-state index in [1.165, 1.54) is 12.1 Å². The molecule has 0 aliphatic rings. The van der Waals surface area contributed by atoms with Crippen LogP contribution in [0.5, 0.6) is 0 Å². The van der Waals surface area contributed by atoms with Crippen LogP contribution < -0.4 is 5.32 Å². The minimum Gasteiger partial charge on any atom is -0.307 e. The molecule has 1 rings (SSSR count). The van der Waals surface area contributed by atoms with Crippen LogP contribution in [-0.2, 0) is 6.18 Å². The zero-order valence-corrected chi connectivity index (χ0v) is 9.01. The molecule has 1 atom stereocenters. The third kappa shape index (κ3) is 3.10. The van der Waals surface area contributed by atoms with E-state index < -0.39 is 11.7 Å². The van der Waals surface area contributed by atoms with E-state index in [0.29, 0.717) is 0 Å². The summed E-state index contributed by atoms with van der Waals surface area (Å²) < 4.78 is 36.9. The molecule has 1 nitrogen and oxygen atoms in total. The summed E-state index contributed by atoms with van der Waals surface area (Å²) in [4.78, 5) is 0. The molecule has 16 heavy (non-hydrogen) atoms. The van der Waals surface area contributed by atoms with Crippen LogP contribution >= 0.6 is 0 Å². The van der Waals surface area contributed by atoms with Crippen LogP contribution in [0, 0.1) is 0 Å². The van der Waals surface area contributed by atoms with E-state index in [1.807, 2.05) is 6.92 Å². The number of benzene rings is 1. The van der Waals surface area contributed by atoms with Crippen molar-refractivity contribution < 1.29 is 13.2 Å². The molecule has 4 heteroatoms. The molecule has 0 heterocycles. The molecule has 1 unspecified atom stereocenters. The van der Waals surface area contributed by atoms with Crippen LogP contribution in [0.3, 0.4) is 0 Å². The second-order valence-electron chi connectivity index (χ2n) is 3.39. The number of hydrogen-bond acceptors (Lipinski definition) is 1. The molecule has 0 fully saturated rings. The molecule has 0 aliphatic heterocycles. The number of likely N-dealkylation sites (N-methyl/N-ethyl adjacent to an activating group) is 1. The Bertz CT molecular complexity index is 340. The molecule has 0 spiro atoms. The lowest BCUT2D eigenvalue weighted by Crippen LogP contribution is -2.18. The van der Waals surface area contributed by atoms with E-state index in [1.54, 1.807) is 6.08 Å². The van der Waals surface area contributed by atoms with Crippen molar-refractivity contribution in [2.75, 3.05) is 6.54 Å². The molecule has 0 bridgehead atoms. The number of nitrogens with one attached hydrogen (secondary N) is 1. The molecule has 0 aliphatic carbocycles. The zero-order chi connectivity index (χ0) is 12.2. The minimum absolute atomic E-state index is 0.104. The van der Waals surface area contributed by atoms with Gasteiger partial charge in [-0.15, -0.1) is 6.58 Å². The lowest BCUT2D eigenvalue weighted by atomic mass is 10.0. The maximum absolute atomic E-state index is 12.3. The molecule has 0 amide bonds. The fraction of sp³-hybridized carbons (Fsp3) is 0.333. The molecule has 88 valence electrons. The fourth-order valence-electron chi connectivity index (χ4n) is 1.44. The summed E-state index contributed by atoms with van der Waals surface area (Å²) in [7, 11) is 0. The lowest BCUT2D eigenvalue weighted by molar-refractivity contribution is -0.137. The van der Waals surface area contributed by atoms with Crippen LogP contribution in [0.1, 0.15) is 24.1 Å². The fourth-order valence-corrected chi connectivity index (χ4v) is 1.44. The summed E-state index contributed by atoms with van der Waals surface area (Å²) in [5.41, 5.74) is 0.153. The van der Waals surface area contributed by atoms with Crippen LogP contribution in [0.25, 0.3) is 0 Å². The van der Waals surface area contributed by atoms with Crippen molar-refractivity contribution in [3.8, 4) is 0 Å². The molecule has 1 N–H and O–H groups in total. The van der Waals surface area contributed by atoms with Gasteiger partial charge in [0.15, 0.2) is 0 Å². The van der Waals surface area contributed by atoms with Crippen LogP contribution in [-0.4, -0.2) is 6.54 Å². The first-order valence-electron chi connectivity index (χ1n) is 5.02. The normalized spacial score (nSPS) is 13.5. The van der Waals surface area contributed by atoms with Crippen molar-refractivity contribution in [2.24, 2.45) is 0 Å². The first-order valence-corrected chi connectivity index (χ1v) is 5.02. The minimum atomic E-state index is -4.28. The number of rotatable bonds is 4. The standard InChI is InChI=1S/C12H14F3N/c1-3-11(16-4-2)9-5-7-10(8-6-9)12(13,14)15/h3,5-8,11,16H,1,4H2,2H3. The lowest BCUT2D eigenvalue weighted by Gasteiger charge is -2.14. The van der Waals surface area contributed by atoms with Crippen LogP contribution in [0.15, 0.2) is 36.9 Å². The van der Waals surface area contributed by atoms with E-state index in [9.17, 15) is 13.2 Å². The Morgan fingerprint density at radius 3 is 2.25 bits per heavy atom. The molecular formula is C12H14F3N. The average Bonchev–Trinajstić information content (AvgIpc) is 2.25. The van der Waals surface area contributed by atoms with Crippen molar-refractivity contribution in [1.29, 1.82) is 0 Å². The van der Waals surface area contributed by atoms with E-state index in [-0.39, 0.29) is 6.04 Å². The Morgan fingerprint density at radius 1 is 1.31 bits per heavy atom. The first kappa shape index (κ1) is 12.8. The van der Waals surface area contributed by atoms with Gasteiger partial charge in [0.05, 0.1) is 11.6 Å². The first-order chi connectivity index (χ1) is 7.49. The summed E-state index contributed by atoms with van der Waals surface area (Å²) in [5.74, 6) is 0. The highest BCUT2D eigenvalue weighted by atomic mass is 19.4. The van der Waals surface area contributed by atoms with Gasteiger partial charge < -0.3 is 5.32 Å². The molecule has 1 aromatic carbocycles. The third-order valence-electron chi connectivity index (χ3n) is 2.26. The van der Waals surface area contributed by atoms with Gasteiger partial charge in [-0.05, 0) is 24.2 Å². The van der Waals surface area contributed by atoms with Crippen molar-refractivity contribution in [1.82, 2.24) is 5.32 Å². The highest BCUT2D eigenvalue weighted by Gasteiger charge is 2.30. The summed E-state index contributed by atoms with van der Waals surface area (Å²) in [6, 6.07) is 5.01. The molecule has 0 aromatic heterocycles. The van der Waals surface area contributed by atoms with Crippen molar-refractivity contribution >= 4 is 0 Å². The Labute approximate surface area is 93.0 Å². The van der Waals surface area contributed by atoms with Crippen molar-refractivity contribution in [3.05, 3.63) is 48.0 Å². The molecule has 0 radical (unpaired) electrons. The largest absolute Gasteiger partial charge is 0.416 e. The number of hydrogen-bond donors (Lipinski definition) is 1. The topological polar surface area (TPSA) is 12.0 Å². The van der Waals surface area contributed by atoms with Gasteiger partial charge in [0, 0.05) is 0 Å². The van der Waals surface area contributed by atoms with Gasteiger partial charge in [0.1, 0.15) is 0 Å². The van der Waals surface area contributed by atoms with Gasteiger partial charge in [0.25, 0.3) is 0 Å². The van der Waals surface area contributed by atoms with Gasteiger partial charge in [0.2, 0.25) is 0 Å². The SMILES string of the molecule is C=CC(NCC)c1ccc(C(F)(F)F)cc1. The van der Waals surface area contributed by atoms with Gasteiger partial charge in [-0.3, -0.25) is 0 Å². The second kappa shape index (κ2) is 5.16. The molecule has 0 saturated heterocycles. The average molecular weight is 229 g/mol. The maximum Gasteiger partial charge on any atom is 0.416 e. The van der Waals surface area contributed by atoms with Crippen LogP contribution in [0.4, 0.5) is 13.2 Å². The van der Waals surface area contributed by atoms with Crippen molar-refractivity contribution in [3.63, 3.8) is 0 Å².